The van der Waals surface area contributed by atoms with Crippen LogP contribution in [-0.4, -0.2) is 32.6 Å². The molecule has 3 rings (SSSR count). The quantitative estimate of drug-likeness (QED) is 0.263. The lowest BCUT2D eigenvalue weighted by molar-refractivity contribution is 0.211. The number of rotatable bonds is 9. The Morgan fingerprint density at radius 2 is 1.75 bits per heavy atom. The zero-order chi connectivity index (χ0) is 22.8. The van der Waals surface area contributed by atoms with Crippen molar-refractivity contribution in [1.29, 1.82) is 0 Å². The molecule has 0 atom stereocenters. The van der Waals surface area contributed by atoms with Gasteiger partial charge in [-0.25, -0.2) is 10.2 Å². The number of hydrogen-bond acceptors (Lipinski definition) is 5. The molecule has 2 amide bonds. The van der Waals surface area contributed by atoms with Crippen molar-refractivity contribution >= 4 is 29.5 Å². The number of urea groups is 1. The first-order valence-corrected chi connectivity index (χ1v) is 10.3. The van der Waals surface area contributed by atoms with E-state index >= 15 is 0 Å². The molecule has 0 unspecified atom stereocenters. The number of hydrazone groups is 1. The third kappa shape index (κ3) is 6.92. The van der Waals surface area contributed by atoms with E-state index in [0.717, 1.165) is 5.75 Å². The highest BCUT2D eigenvalue weighted by Gasteiger charge is 2.12. The maximum Gasteiger partial charge on any atom is 0.339 e. The van der Waals surface area contributed by atoms with Gasteiger partial charge in [0.2, 0.25) is 0 Å². The molecule has 2 N–H and O–H groups in total. The van der Waals surface area contributed by atoms with E-state index in [1.807, 2.05) is 49.4 Å². The molecule has 0 aliphatic carbocycles. The number of methoxy groups -OCH3 is 1. The number of hydrogen-bond donors (Lipinski definition) is 2. The zero-order valence-electron chi connectivity index (χ0n) is 17.8. The van der Waals surface area contributed by atoms with Crippen LogP contribution in [0.5, 0.6) is 17.2 Å². The third-order valence-corrected chi connectivity index (χ3v) is 4.56. The highest BCUT2D eigenvalue weighted by molar-refractivity contribution is 6.32. The Balaban J connectivity index is 1.53. The number of para-hydroxylation sites is 1. The number of anilines is 1. The van der Waals surface area contributed by atoms with E-state index in [-0.39, 0.29) is 0 Å². The van der Waals surface area contributed by atoms with Crippen LogP contribution in [0, 0.1) is 6.92 Å². The summed E-state index contributed by atoms with van der Waals surface area (Å²) < 4.78 is 16.8. The predicted octanol–water partition coefficient (Wildman–Crippen LogP) is 5.27. The second-order valence-electron chi connectivity index (χ2n) is 6.73. The first-order chi connectivity index (χ1) is 15.5. The maximum absolute atomic E-state index is 11.9. The van der Waals surface area contributed by atoms with Gasteiger partial charge < -0.3 is 19.5 Å². The van der Waals surface area contributed by atoms with Crippen molar-refractivity contribution in [3.05, 3.63) is 82.9 Å². The summed E-state index contributed by atoms with van der Waals surface area (Å²) in [6.45, 7) is 2.66. The lowest BCUT2D eigenvalue weighted by atomic mass is 10.2. The molecule has 0 aromatic heterocycles. The molecule has 0 aliphatic heterocycles. The predicted molar refractivity (Wildman–Crippen MR) is 126 cm³/mol. The number of carbonyl (C=O) groups excluding carboxylic acids is 1. The fourth-order valence-electron chi connectivity index (χ4n) is 2.74. The van der Waals surface area contributed by atoms with Gasteiger partial charge in [-0.05, 0) is 48.9 Å². The molecule has 8 heteroatoms. The van der Waals surface area contributed by atoms with Crippen LogP contribution in [0.4, 0.5) is 10.5 Å². The topological polar surface area (TPSA) is 81.2 Å². The van der Waals surface area contributed by atoms with Gasteiger partial charge in [-0.3, -0.25) is 0 Å². The summed E-state index contributed by atoms with van der Waals surface area (Å²) in [4.78, 5) is 11.9. The minimum Gasteiger partial charge on any atom is -0.493 e. The van der Waals surface area contributed by atoms with Crippen LogP contribution in [-0.2, 0) is 0 Å². The number of nitrogens with zero attached hydrogens (tertiary/aromatic N) is 1. The number of aryl methyl sites for hydroxylation is 1. The van der Waals surface area contributed by atoms with Crippen molar-refractivity contribution in [2.45, 2.75) is 6.92 Å². The minimum absolute atomic E-state index is 0.290. The van der Waals surface area contributed by atoms with Crippen molar-refractivity contribution in [3.63, 3.8) is 0 Å². The number of amides is 2. The molecule has 0 radical (unpaired) electrons. The zero-order valence-corrected chi connectivity index (χ0v) is 18.6. The molecule has 3 aromatic rings. The van der Waals surface area contributed by atoms with Gasteiger partial charge in [0.15, 0.2) is 11.5 Å². The average molecular weight is 454 g/mol. The van der Waals surface area contributed by atoms with E-state index in [0.29, 0.717) is 41.0 Å². The van der Waals surface area contributed by atoms with E-state index in [4.69, 9.17) is 25.8 Å². The van der Waals surface area contributed by atoms with Gasteiger partial charge in [-0.1, -0.05) is 47.5 Å². The molecule has 0 heterocycles. The monoisotopic (exact) mass is 453 g/mol. The smallest absolute Gasteiger partial charge is 0.339 e. The lowest BCUT2D eigenvalue weighted by Crippen LogP contribution is -2.24. The maximum atomic E-state index is 11.9. The fourth-order valence-corrected chi connectivity index (χ4v) is 3.01. The molecular weight excluding hydrogens is 430 g/mol. The van der Waals surface area contributed by atoms with Crippen molar-refractivity contribution in [3.8, 4) is 17.2 Å². The minimum atomic E-state index is -0.459. The van der Waals surface area contributed by atoms with Gasteiger partial charge in [0.05, 0.1) is 18.3 Å². The Hall–Kier alpha value is -3.71. The summed E-state index contributed by atoms with van der Waals surface area (Å²) in [5.41, 5.74) is 4.87. The van der Waals surface area contributed by atoms with Gasteiger partial charge in [0, 0.05) is 5.69 Å². The van der Waals surface area contributed by atoms with Gasteiger partial charge in [-0.15, -0.1) is 0 Å². The highest BCUT2D eigenvalue weighted by Crippen LogP contribution is 2.36. The Labute approximate surface area is 192 Å². The molecule has 3 aromatic carbocycles. The number of halogens is 1. The van der Waals surface area contributed by atoms with E-state index in [2.05, 4.69) is 15.8 Å². The fraction of sp³-hybridized carbons (Fsp3) is 0.167. The van der Waals surface area contributed by atoms with Crippen LogP contribution in [0.1, 0.15) is 11.1 Å². The number of nitrogens with one attached hydrogen (secondary N) is 2. The molecule has 166 valence electrons. The van der Waals surface area contributed by atoms with E-state index in [1.54, 1.807) is 24.3 Å². The summed E-state index contributed by atoms with van der Waals surface area (Å²) >= 11 is 6.37. The molecule has 32 heavy (non-hydrogen) atoms. The van der Waals surface area contributed by atoms with Crippen molar-refractivity contribution in [1.82, 2.24) is 5.43 Å². The molecule has 0 spiro atoms. The summed E-state index contributed by atoms with van der Waals surface area (Å²) in [6.07, 6.45) is 1.46. The Morgan fingerprint density at radius 3 is 2.47 bits per heavy atom. The van der Waals surface area contributed by atoms with E-state index in [9.17, 15) is 4.79 Å². The molecule has 0 fully saturated rings. The first kappa shape index (κ1) is 23.0. The third-order valence-electron chi connectivity index (χ3n) is 4.28. The van der Waals surface area contributed by atoms with Crippen molar-refractivity contribution in [2.24, 2.45) is 5.10 Å². The second-order valence-corrected chi connectivity index (χ2v) is 7.14. The molecule has 7 nitrogen and oxygen atoms in total. The van der Waals surface area contributed by atoms with Gasteiger partial charge in [0.25, 0.3) is 0 Å². The lowest BCUT2D eigenvalue weighted by Gasteiger charge is -2.14. The molecular formula is C24H24ClN3O4. The molecule has 0 saturated carbocycles. The summed E-state index contributed by atoms with van der Waals surface area (Å²) in [7, 11) is 1.52. The van der Waals surface area contributed by atoms with Crippen LogP contribution in [0.3, 0.4) is 0 Å². The average Bonchev–Trinajstić information content (AvgIpc) is 2.79. The molecule has 0 saturated heterocycles. The van der Waals surface area contributed by atoms with Crippen molar-refractivity contribution < 1.29 is 19.0 Å². The Morgan fingerprint density at radius 1 is 1.03 bits per heavy atom. The van der Waals surface area contributed by atoms with Gasteiger partial charge in [-0.2, -0.15) is 5.10 Å². The van der Waals surface area contributed by atoms with E-state index in [1.165, 1.54) is 18.9 Å². The Kier molecular flexibility index (Phi) is 8.34. The number of carbonyl (C=O) groups is 1. The first-order valence-electron chi connectivity index (χ1n) is 9.90. The van der Waals surface area contributed by atoms with Crippen LogP contribution < -0.4 is 25.0 Å². The number of benzene rings is 3. The van der Waals surface area contributed by atoms with Gasteiger partial charge in [0.1, 0.15) is 19.0 Å². The second kappa shape index (κ2) is 11.6. The highest BCUT2D eigenvalue weighted by atomic mass is 35.5. The normalized spacial score (nSPS) is 10.6. The van der Waals surface area contributed by atoms with Gasteiger partial charge >= 0.3 is 6.03 Å². The Bertz CT molecular complexity index is 1060. The summed E-state index contributed by atoms with van der Waals surface area (Å²) in [5, 5.41) is 6.96. The van der Waals surface area contributed by atoms with Crippen molar-refractivity contribution in [2.75, 3.05) is 25.6 Å². The SMILES string of the molecule is COc1cc(/C=N/NC(=O)Nc2ccccc2)cc(Cl)c1OCCOc1ccc(C)cc1. The molecule has 0 aliphatic rings. The van der Waals surface area contributed by atoms with Crippen LogP contribution >= 0.6 is 11.6 Å². The van der Waals surface area contributed by atoms with E-state index < -0.39 is 6.03 Å². The largest absolute Gasteiger partial charge is 0.493 e. The number of ether oxygens (including phenoxy) is 3. The molecule has 0 bridgehead atoms. The van der Waals surface area contributed by atoms with Crippen LogP contribution in [0.2, 0.25) is 5.02 Å². The standard InChI is InChI=1S/C24H24ClN3O4/c1-17-8-10-20(11-9-17)31-12-13-32-23-21(25)14-18(15-22(23)30-2)16-26-28-24(29)27-19-6-4-3-5-7-19/h3-11,14-16H,12-13H2,1-2H3,(H2,27,28,29)/b26-16+. The van der Waals surface area contributed by atoms with Crippen LogP contribution in [0.25, 0.3) is 0 Å². The summed E-state index contributed by atoms with van der Waals surface area (Å²) in [6, 6.07) is 19.8. The summed E-state index contributed by atoms with van der Waals surface area (Å²) in [5.74, 6) is 1.63. The van der Waals surface area contributed by atoms with Crippen LogP contribution in [0.15, 0.2) is 71.8 Å².